The van der Waals surface area contributed by atoms with Gasteiger partial charge < -0.3 is 19.3 Å². The van der Waals surface area contributed by atoms with Crippen molar-refractivity contribution in [1.29, 1.82) is 0 Å². The van der Waals surface area contributed by atoms with E-state index in [2.05, 4.69) is 16.8 Å². The zero-order valence-electron chi connectivity index (χ0n) is 30.1. The number of anilines is 2. The number of piperazine rings is 1. The van der Waals surface area contributed by atoms with Gasteiger partial charge >= 0.3 is 10.4 Å². The molecule has 2 bridgehead atoms. The SMILES string of the molecule is COc1cc2c(cc1OC(C)C)[C@]1(c3ccc(Cl)cc3)OS(=O)(=O)OC2C(=O)N1c1ccc(N(C)CC2CCC(N3CCN(C)C(=O)C3)CC2)cc1. The Morgan fingerprint density at radius 2 is 1.67 bits per heavy atom. The fourth-order valence-corrected chi connectivity index (χ4v) is 9.17. The van der Waals surface area contributed by atoms with Gasteiger partial charge in [-0.15, -0.1) is 0 Å². The molecule has 3 fully saturated rings. The Hall–Kier alpha value is -3.88. The predicted octanol–water partition coefficient (Wildman–Crippen LogP) is 5.49. The van der Waals surface area contributed by atoms with Gasteiger partial charge in [-0.25, -0.2) is 8.37 Å². The van der Waals surface area contributed by atoms with E-state index in [1.165, 1.54) is 12.0 Å². The molecule has 52 heavy (non-hydrogen) atoms. The Morgan fingerprint density at radius 1 is 0.981 bits per heavy atom. The summed E-state index contributed by atoms with van der Waals surface area (Å²) in [6, 6.07) is 17.7. The Labute approximate surface area is 310 Å². The highest BCUT2D eigenvalue weighted by molar-refractivity contribution is 7.82. The molecule has 3 aromatic carbocycles. The third-order valence-electron chi connectivity index (χ3n) is 10.7. The maximum atomic E-state index is 14.5. The lowest BCUT2D eigenvalue weighted by atomic mass is 9.82. The molecule has 3 aromatic rings. The van der Waals surface area contributed by atoms with Crippen LogP contribution in [0.4, 0.5) is 11.4 Å². The normalized spacial score (nSPS) is 25.9. The standard InChI is InChI=1S/C38H45ClN4O8S/c1-24(2)49-34-21-32-31(20-33(34)48-5)36-37(45)43(38(32,51-52(46,47)50-36)26-8-10-27(39)11-9-26)30-16-14-28(15-17-30)41(4)22-25-6-12-29(13-7-25)42-19-18-40(3)35(44)23-42/h8-11,14-17,20-21,24-25,29,36H,6-7,12-13,18-19,22-23H2,1-5H3/t25?,29?,36?,38-/m0/s1. The third kappa shape index (κ3) is 6.73. The van der Waals surface area contributed by atoms with Crippen LogP contribution in [0.5, 0.6) is 11.5 Å². The van der Waals surface area contributed by atoms with Gasteiger partial charge in [-0.05, 0) is 94.0 Å². The number of nitrogens with zero attached hydrogens (tertiary/aromatic N) is 4. The van der Waals surface area contributed by atoms with E-state index in [0.29, 0.717) is 51.8 Å². The van der Waals surface area contributed by atoms with Crippen molar-refractivity contribution in [3.05, 3.63) is 82.4 Å². The Bertz CT molecular complexity index is 1940. The molecule has 1 saturated carbocycles. The van der Waals surface area contributed by atoms with E-state index in [1.807, 2.05) is 37.9 Å². The van der Waals surface area contributed by atoms with Crippen molar-refractivity contribution >= 4 is 45.2 Å². The number of fused-ring (bicyclic) bond motifs is 3. The number of ether oxygens (including phenoxy) is 2. The van der Waals surface area contributed by atoms with Crippen molar-refractivity contribution in [2.24, 2.45) is 5.92 Å². The van der Waals surface area contributed by atoms with E-state index in [0.717, 1.165) is 51.0 Å². The molecule has 1 aliphatic carbocycles. The second-order valence-electron chi connectivity index (χ2n) is 14.4. The van der Waals surface area contributed by atoms with Crippen LogP contribution in [0.15, 0.2) is 60.7 Å². The van der Waals surface area contributed by atoms with Crippen LogP contribution in [0.25, 0.3) is 0 Å². The van der Waals surface area contributed by atoms with Gasteiger partial charge in [0, 0.05) is 72.9 Å². The van der Waals surface area contributed by atoms with Gasteiger partial charge in [-0.2, -0.15) is 8.42 Å². The number of hydrogen-bond donors (Lipinski definition) is 0. The molecule has 2 amide bonds. The fraction of sp³-hybridized carbons (Fsp3) is 0.474. The minimum absolute atomic E-state index is 0.195. The molecular weight excluding hydrogens is 708 g/mol. The number of carbonyl (C=O) groups excluding carboxylic acids is 2. The fourth-order valence-electron chi connectivity index (χ4n) is 8.03. The molecule has 4 aliphatic heterocycles. The van der Waals surface area contributed by atoms with Crippen LogP contribution < -0.4 is 19.3 Å². The third-order valence-corrected chi connectivity index (χ3v) is 11.8. The molecule has 14 heteroatoms. The van der Waals surface area contributed by atoms with Crippen LogP contribution in [0.1, 0.15) is 62.3 Å². The lowest BCUT2D eigenvalue weighted by Crippen LogP contribution is -2.56. The monoisotopic (exact) mass is 752 g/mol. The maximum absolute atomic E-state index is 14.5. The van der Waals surface area contributed by atoms with E-state index >= 15 is 0 Å². The second kappa shape index (κ2) is 14.2. The van der Waals surface area contributed by atoms with Gasteiger partial charge in [-0.1, -0.05) is 23.7 Å². The van der Waals surface area contributed by atoms with Crippen LogP contribution in [-0.2, 0) is 34.1 Å². The van der Waals surface area contributed by atoms with Crippen molar-refractivity contribution in [3.63, 3.8) is 0 Å². The molecule has 0 aromatic heterocycles. The molecular formula is C38H45ClN4O8S. The largest absolute Gasteiger partial charge is 0.493 e. The summed E-state index contributed by atoms with van der Waals surface area (Å²) in [4.78, 5) is 34.5. The van der Waals surface area contributed by atoms with Crippen molar-refractivity contribution in [3.8, 4) is 11.5 Å². The zero-order chi connectivity index (χ0) is 36.9. The summed E-state index contributed by atoms with van der Waals surface area (Å²) in [5.41, 5.74) is 0.344. The average molecular weight is 753 g/mol. The van der Waals surface area contributed by atoms with Crippen LogP contribution in [0, 0.1) is 5.92 Å². The topological polar surface area (TPSA) is 118 Å². The van der Waals surface area contributed by atoms with E-state index in [9.17, 15) is 18.0 Å². The highest BCUT2D eigenvalue weighted by Gasteiger charge is 2.60. The summed E-state index contributed by atoms with van der Waals surface area (Å²) in [6.45, 7) is 6.82. The second-order valence-corrected chi connectivity index (χ2v) is 16.0. The highest BCUT2D eigenvalue weighted by atomic mass is 35.5. The van der Waals surface area contributed by atoms with Crippen molar-refractivity contribution in [1.82, 2.24) is 9.80 Å². The molecule has 2 saturated heterocycles. The molecule has 5 aliphatic rings. The summed E-state index contributed by atoms with van der Waals surface area (Å²) < 4.78 is 50.2. The van der Waals surface area contributed by atoms with Gasteiger partial charge in [0.15, 0.2) is 17.6 Å². The number of amides is 2. The summed E-state index contributed by atoms with van der Waals surface area (Å²) in [7, 11) is 0.667. The van der Waals surface area contributed by atoms with Crippen LogP contribution in [-0.4, -0.2) is 89.6 Å². The molecule has 2 atom stereocenters. The number of methoxy groups -OCH3 is 1. The van der Waals surface area contributed by atoms with Crippen LogP contribution in [0.2, 0.25) is 5.02 Å². The first-order chi connectivity index (χ1) is 24.8. The van der Waals surface area contributed by atoms with Gasteiger partial charge in [0.2, 0.25) is 11.6 Å². The van der Waals surface area contributed by atoms with Crippen LogP contribution >= 0.6 is 11.6 Å². The molecule has 4 heterocycles. The zero-order valence-corrected chi connectivity index (χ0v) is 31.7. The van der Waals surface area contributed by atoms with Gasteiger partial charge in [0.1, 0.15) is 0 Å². The first-order valence-electron chi connectivity index (χ1n) is 17.7. The number of carbonyl (C=O) groups is 2. The van der Waals surface area contributed by atoms with Gasteiger partial charge in [0.25, 0.3) is 5.91 Å². The van der Waals surface area contributed by atoms with Gasteiger partial charge in [0.05, 0.1) is 19.8 Å². The summed E-state index contributed by atoms with van der Waals surface area (Å²) in [6.07, 6.45) is 2.54. The van der Waals surface area contributed by atoms with E-state index < -0.39 is 28.1 Å². The Balaban J connectivity index is 1.20. The van der Waals surface area contributed by atoms with Gasteiger partial charge in [-0.3, -0.25) is 19.4 Å². The summed E-state index contributed by atoms with van der Waals surface area (Å²) in [5, 5.41) is 0.425. The number of hydrogen-bond acceptors (Lipinski definition) is 10. The lowest BCUT2D eigenvalue weighted by molar-refractivity contribution is -0.135. The van der Waals surface area contributed by atoms with E-state index in [4.69, 9.17) is 29.4 Å². The minimum Gasteiger partial charge on any atom is -0.493 e. The molecule has 12 nitrogen and oxygen atoms in total. The quantitative estimate of drug-likeness (QED) is 0.278. The van der Waals surface area contributed by atoms with Crippen molar-refractivity contribution in [2.45, 2.75) is 63.5 Å². The highest BCUT2D eigenvalue weighted by Crippen LogP contribution is 2.55. The molecule has 1 unspecified atom stereocenters. The molecule has 0 spiro atoms. The molecule has 0 N–H and O–H groups in total. The summed E-state index contributed by atoms with van der Waals surface area (Å²) in [5.74, 6) is 0.755. The molecule has 0 radical (unpaired) electrons. The smallest absolute Gasteiger partial charge is 0.403 e. The number of halogens is 1. The van der Waals surface area contributed by atoms with Crippen molar-refractivity contribution < 1.29 is 35.8 Å². The van der Waals surface area contributed by atoms with Crippen LogP contribution in [0.3, 0.4) is 0 Å². The maximum Gasteiger partial charge on any atom is 0.403 e. The Kier molecular flexibility index (Phi) is 9.94. The first kappa shape index (κ1) is 36.5. The number of benzene rings is 3. The first-order valence-corrected chi connectivity index (χ1v) is 19.4. The predicted molar refractivity (Wildman–Crippen MR) is 197 cm³/mol. The van der Waals surface area contributed by atoms with E-state index in [-0.39, 0.29) is 17.6 Å². The Morgan fingerprint density at radius 3 is 2.31 bits per heavy atom. The molecule has 278 valence electrons. The minimum atomic E-state index is -4.73. The number of likely N-dealkylation sites (N-methyl/N-ethyl adjacent to an activating group) is 1. The van der Waals surface area contributed by atoms with Crippen molar-refractivity contribution in [2.75, 3.05) is 57.2 Å². The summed E-state index contributed by atoms with van der Waals surface area (Å²) >= 11 is 6.29. The lowest BCUT2D eigenvalue weighted by Gasteiger charge is -2.45. The number of rotatable bonds is 9. The molecule has 8 rings (SSSR count). The average Bonchev–Trinajstić information content (AvgIpc) is 3.28. The van der Waals surface area contributed by atoms with E-state index in [1.54, 1.807) is 48.5 Å².